The van der Waals surface area contributed by atoms with Crippen LogP contribution in [0.25, 0.3) is 6.08 Å². The summed E-state index contributed by atoms with van der Waals surface area (Å²) in [5, 5.41) is 13.6. The summed E-state index contributed by atoms with van der Waals surface area (Å²) >= 11 is 0. The first-order valence-corrected chi connectivity index (χ1v) is 8.56. The molecule has 0 saturated heterocycles. The molecule has 2 aromatic rings. The SMILES string of the molecule is CCOc1ccc(NC(=O)C(C)OC(=O)/C=C/c2ccccc2[N+](=O)[O-])cc1. The van der Waals surface area contributed by atoms with Gasteiger partial charge in [0.2, 0.25) is 0 Å². The Bertz CT molecular complexity index is 877. The van der Waals surface area contributed by atoms with Crippen molar-refractivity contribution in [2.24, 2.45) is 0 Å². The molecule has 1 atom stereocenters. The third-order valence-electron chi connectivity index (χ3n) is 3.63. The van der Waals surface area contributed by atoms with E-state index in [2.05, 4.69) is 5.32 Å². The number of anilines is 1. The van der Waals surface area contributed by atoms with E-state index in [1.807, 2.05) is 6.92 Å². The number of amides is 1. The van der Waals surface area contributed by atoms with Crippen molar-refractivity contribution in [2.45, 2.75) is 20.0 Å². The Hall–Kier alpha value is -3.68. The molecule has 8 nitrogen and oxygen atoms in total. The second-order valence-corrected chi connectivity index (χ2v) is 5.68. The Labute approximate surface area is 161 Å². The second-order valence-electron chi connectivity index (χ2n) is 5.68. The lowest BCUT2D eigenvalue weighted by atomic mass is 10.1. The van der Waals surface area contributed by atoms with Gasteiger partial charge >= 0.3 is 5.97 Å². The maximum atomic E-state index is 12.1. The first kappa shape index (κ1) is 20.6. The molecule has 0 radical (unpaired) electrons. The van der Waals surface area contributed by atoms with Gasteiger partial charge in [-0.05, 0) is 50.3 Å². The van der Waals surface area contributed by atoms with Crippen LogP contribution in [0.1, 0.15) is 19.4 Å². The minimum atomic E-state index is -1.05. The number of nitrogens with one attached hydrogen (secondary N) is 1. The van der Waals surface area contributed by atoms with Crippen molar-refractivity contribution in [3.8, 4) is 5.75 Å². The van der Waals surface area contributed by atoms with Crippen LogP contribution in [0, 0.1) is 10.1 Å². The van der Waals surface area contributed by atoms with Gasteiger partial charge < -0.3 is 14.8 Å². The fourth-order valence-electron chi connectivity index (χ4n) is 2.26. The van der Waals surface area contributed by atoms with E-state index in [-0.39, 0.29) is 11.3 Å². The van der Waals surface area contributed by atoms with Crippen LogP contribution in [0.5, 0.6) is 5.75 Å². The van der Waals surface area contributed by atoms with Crippen LogP contribution >= 0.6 is 0 Å². The molecule has 0 aliphatic rings. The van der Waals surface area contributed by atoms with Crippen LogP contribution in [-0.4, -0.2) is 29.5 Å². The highest BCUT2D eigenvalue weighted by molar-refractivity contribution is 5.96. The van der Waals surface area contributed by atoms with Crippen LogP contribution in [0.3, 0.4) is 0 Å². The number of carbonyl (C=O) groups excluding carboxylic acids is 2. The molecular weight excluding hydrogens is 364 g/mol. The van der Waals surface area contributed by atoms with Gasteiger partial charge in [-0.3, -0.25) is 14.9 Å². The minimum absolute atomic E-state index is 0.132. The quantitative estimate of drug-likeness (QED) is 0.323. The molecule has 0 aliphatic carbocycles. The van der Waals surface area contributed by atoms with Gasteiger partial charge in [0.15, 0.2) is 6.10 Å². The van der Waals surface area contributed by atoms with Crippen LogP contribution in [0.15, 0.2) is 54.6 Å². The summed E-state index contributed by atoms with van der Waals surface area (Å²) in [7, 11) is 0. The van der Waals surface area contributed by atoms with E-state index in [1.165, 1.54) is 31.2 Å². The molecule has 2 rings (SSSR count). The van der Waals surface area contributed by atoms with E-state index < -0.39 is 22.9 Å². The molecule has 0 aromatic heterocycles. The topological polar surface area (TPSA) is 108 Å². The number of rotatable bonds is 8. The molecule has 1 amide bonds. The molecule has 146 valence electrons. The molecule has 0 heterocycles. The van der Waals surface area contributed by atoms with E-state index in [4.69, 9.17) is 9.47 Å². The average molecular weight is 384 g/mol. The number of carbonyl (C=O) groups is 2. The molecule has 8 heteroatoms. The fraction of sp³-hybridized carbons (Fsp3) is 0.200. The molecule has 0 spiro atoms. The van der Waals surface area contributed by atoms with Crippen LogP contribution in [0.4, 0.5) is 11.4 Å². The minimum Gasteiger partial charge on any atom is -0.494 e. The third kappa shape index (κ3) is 5.94. The number of benzene rings is 2. The summed E-state index contributed by atoms with van der Waals surface area (Å²) in [6.07, 6.45) is 1.27. The highest BCUT2D eigenvalue weighted by Gasteiger charge is 2.17. The van der Waals surface area contributed by atoms with Crippen molar-refractivity contribution in [1.82, 2.24) is 0 Å². The third-order valence-corrected chi connectivity index (χ3v) is 3.63. The lowest BCUT2D eigenvalue weighted by molar-refractivity contribution is -0.385. The molecule has 0 aliphatic heterocycles. The van der Waals surface area contributed by atoms with Crippen LogP contribution in [0.2, 0.25) is 0 Å². The maximum Gasteiger partial charge on any atom is 0.331 e. The monoisotopic (exact) mass is 384 g/mol. The van der Waals surface area contributed by atoms with Crippen molar-refractivity contribution in [1.29, 1.82) is 0 Å². The summed E-state index contributed by atoms with van der Waals surface area (Å²) in [5.74, 6) is -0.607. The number of esters is 1. The zero-order valence-corrected chi connectivity index (χ0v) is 15.5. The molecule has 2 aromatic carbocycles. The summed E-state index contributed by atoms with van der Waals surface area (Å²) in [4.78, 5) is 34.5. The first-order chi connectivity index (χ1) is 13.4. The second kappa shape index (κ2) is 9.86. The van der Waals surface area contributed by atoms with Gasteiger partial charge in [-0.1, -0.05) is 12.1 Å². The van der Waals surface area contributed by atoms with Gasteiger partial charge in [0.25, 0.3) is 11.6 Å². The Morgan fingerprint density at radius 3 is 2.50 bits per heavy atom. The van der Waals surface area contributed by atoms with Gasteiger partial charge in [-0.25, -0.2) is 4.79 Å². The Kier molecular flexibility index (Phi) is 7.27. The largest absolute Gasteiger partial charge is 0.494 e. The Morgan fingerprint density at radius 2 is 1.86 bits per heavy atom. The van der Waals surface area contributed by atoms with E-state index in [0.29, 0.717) is 18.0 Å². The van der Waals surface area contributed by atoms with E-state index >= 15 is 0 Å². The van der Waals surface area contributed by atoms with Crippen molar-refractivity contribution in [3.63, 3.8) is 0 Å². The van der Waals surface area contributed by atoms with E-state index in [9.17, 15) is 19.7 Å². The standard InChI is InChI=1S/C20H20N2O6/c1-3-27-17-11-9-16(10-12-17)21-20(24)14(2)28-19(23)13-8-15-6-4-5-7-18(15)22(25)26/h4-14H,3H2,1-2H3,(H,21,24)/b13-8+. The molecular formula is C20H20N2O6. The summed E-state index contributed by atoms with van der Waals surface area (Å²) in [6, 6.07) is 12.8. The first-order valence-electron chi connectivity index (χ1n) is 8.56. The predicted octanol–water partition coefficient (Wildman–Crippen LogP) is 3.58. The highest BCUT2D eigenvalue weighted by Crippen LogP contribution is 2.19. The highest BCUT2D eigenvalue weighted by atomic mass is 16.6. The average Bonchev–Trinajstić information content (AvgIpc) is 2.68. The molecule has 0 saturated carbocycles. The lowest BCUT2D eigenvalue weighted by Gasteiger charge is -2.12. The number of hydrogen-bond acceptors (Lipinski definition) is 6. The smallest absolute Gasteiger partial charge is 0.331 e. The Morgan fingerprint density at radius 1 is 1.18 bits per heavy atom. The van der Waals surface area contributed by atoms with E-state index in [1.54, 1.807) is 30.3 Å². The van der Waals surface area contributed by atoms with Crippen molar-refractivity contribution < 1.29 is 24.0 Å². The number of para-hydroxylation sites is 1. The van der Waals surface area contributed by atoms with Crippen molar-refractivity contribution in [2.75, 3.05) is 11.9 Å². The lowest BCUT2D eigenvalue weighted by Crippen LogP contribution is -2.29. The number of nitro benzene ring substituents is 1. The van der Waals surface area contributed by atoms with Gasteiger partial charge in [-0.2, -0.15) is 0 Å². The summed E-state index contributed by atoms with van der Waals surface area (Å²) in [5.41, 5.74) is 0.663. The summed E-state index contributed by atoms with van der Waals surface area (Å²) in [6.45, 7) is 3.84. The number of hydrogen-bond donors (Lipinski definition) is 1. The van der Waals surface area contributed by atoms with Crippen molar-refractivity contribution in [3.05, 3.63) is 70.3 Å². The molecule has 0 fully saturated rings. The normalized spacial score (nSPS) is 11.6. The van der Waals surface area contributed by atoms with Crippen LogP contribution < -0.4 is 10.1 Å². The van der Waals surface area contributed by atoms with Crippen LogP contribution in [-0.2, 0) is 14.3 Å². The molecule has 0 bridgehead atoms. The zero-order valence-electron chi connectivity index (χ0n) is 15.5. The summed E-state index contributed by atoms with van der Waals surface area (Å²) < 4.78 is 10.4. The van der Waals surface area contributed by atoms with Gasteiger partial charge in [0, 0.05) is 17.8 Å². The van der Waals surface area contributed by atoms with E-state index in [0.717, 1.165) is 6.08 Å². The Balaban J connectivity index is 1.92. The molecule has 1 N–H and O–H groups in total. The van der Waals surface area contributed by atoms with Crippen molar-refractivity contribution >= 4 is 29.3 Å². The zero-order chi connectivity index (χ0) is 20.5. The van der Waals surface area contributed by atoms with Gasteiger partial charge in [-0.15, -0.1) is 0 Å². The van der Waals surface area contributed by atoms with Gasteiger partial charge in [0.1, 0.15) is 5.75 Å². The fourth-order valence-corrected chi connectivity index (χ4v) is 2.26. The van der Waals surface area contributed by atoms with Gasteiger partial charge in [0.05, 0.1) is 17.1 Å². The predicted molar refractivity (Wildman–Crippen MR) is 104 cm³/mol. The number of nitro groups is 1. The molecule has 1 unspecified atom stereocenters. The number of ether oxygens (including phenoxy) is 2. The maximum absolute atomic E-state index is 12.1. The number of nitrogens with zero attached hydrogens (tertiary/aromatic N) is 1. The molecule has 28 heavy (non-hydrogen) atoms.